The lowest BCUT2D eigenvalue weighted by atomic mass is 10.0. The fourth-order valence-corrected chi connectivity index (χ4v) is 4.16. The zero-order valence-corrected chi connectivity index (χ0v) is 22.5. The van der Waals surface area contributed by atoms with Crippen LogP contribution in [-0.2, 0) is 14.4 Å². The summed E-state index contributed by atoms with van der Waals surface area (Å²) in [6.07, 6.45) is 4.71. The predicted octanol–water partition coefficient (Wildman–Crippen LogP) is 1.86. The second kappa shape index (κ2) is 14.2. The van der Waals surface area contributed by atoms with Gasteiger partial charge in [-0.25, -0.2) is 4.98 Å². The molecule has 210 valence electrons. The molecule has 4 amide bonds. The number of aliphatic hydroxyl groups excluding tert-OH is 1. The van der Waals surface area contributed by atoms with Crippen LogP contribution >= 0.6 is 0 Å². The number of amides is 4. The molecular formula is C28H37N5O6. The van der Waals surface area contributed by atoms with Crippen molar-refractivity contribution in [3.05, 3.63) is 59.8 Å². The van der Waals surface area contributed by atoms with Crippen molar-refractivity contribution < 1.29 is 28.7 Å². The fraction of sp³-hybridized carbons (Fsp3) is 0.464. The van der Waals surface area contributed by atoms with Crippen molar-refractivity contribution in [2.24, 2.45) is 5.92 Å². The van der Waals surface area contributed by atoms with Crippen molar-refractivity contribution >= 4 is 29.7 Å². The maximum atomic E-state index is 13.2. The van der Waals surface area contributed by atoms with Crippen molar-refractivity contribution in [1.82, 2.24) is 26.3 Å². The summed E-state index contributed by atoms with van der Waals surface area (Å²) in [7, 11) is 0. The third-order valence-corrected chi connectivity index (χ3v) is 6.20. The molecule has 3 rings (SSSR count). The first kappa shape index (κ1) is 29.6. The van der Waals surface area contributed by atoms with Gasteiger partial charge in [-0.15, -0.1) is 0 Å². The molecular weight excluding hydrogens is 502 g/mol. The van der Waals surface area contributed by atoms with Crippen molar-refractivity contribution in [1.29, 1.82) is 0 Å². The van der Waals surface area contributed by atoms with Crippen LogP contribution in [0.2, 0.25) is 0 Å². The Morgan fingerprint density at radius 3 is 2.56 bits per heavy atom. The van der Waals surface area contributed by atoms with Crippen molar-refractivity contribution in [3.63, 3.8) is 0 Å². The van der Waals surface area contributed by atoms with Gasteiger partial charge in [0.1, 0.15) is 24.4 Å². The Morgan fingerprint density at radius 1 is 1.13 bits per heavy atom. The van der Waals surface area contributed by atoms with E-state index in [1.54, 1.807) is 6.08 Å². The molecule has 2 aromatic rings. The van der Waals surface area contributed by atoms with E-state index >= 15 is 0 Å². The van der Waals surface area contributed by atoms with Crippen LogP contribution in [0.25, 0.3) is 6.08 Å². The molecule has 1 aliphatic heterocycles. The maximum Gasteiger partial charge on any atom is 0.273 e. The summed E-state index contributed by atoms with van der Waals surface area (Å²) in [5.74, 6) is -1.85. The lowest BCUT2D eigenvalue weighted by Gasteiger charge is -2.26. The summed E-state index contributed by atoms with van der Waals surface area (Å²) < 4.78 is 5.51. The Morgan fingerprint density at radius 2 is 1.87 bits per heavy atom. The molecule has 5 N–H and O–H groups in total. The number of carbonyl (C=O) groups is 4. The monoisotopic (exact) mass is 539 g/mol. The summed E-state index contributed by atoms with van der Waals surface area (Å²) in [5, 5.41) is 21.2. The molecule has 1 aliphatic rings. The zero-order chi connectivity index (χ0) is 28.4. The highest BCUT2D eigenvalue weighted by Crippen LogP contribution is 2.21. The van der Waals surface area contributed by atoms with E-state index in [2.05, 4.69) is 26.3 Å². The summed E-state index contributed by atoms with van der Waals surface area (Å²) in [6.45, 7) is 5.63. The molecule has 0 radical (unpaired) electrons. The third-order valence-electron chi connectivity index (χ3n) is 6.20. The highest BCUT2D eigenvalue weighted by Gasteiger charge is 2.32. The number of nitrogens with one attached hydrogen (secondary N) is 4. The standard InChI is InChI=1S/C28H37N5O6/c1-17(2)15-21-28-32-22(16-39-28)25(36)29-14-8-7-11-20(26(37)33-24(18(3)34)27(38)31-21)30-23(35)13-12-19-9-5-4-6-10-19/h4-6,9-10,12-13,16-18,20-21,24,34H,7-8,11,14-15H2,1-3H3,(H,29,36)(H,30,35)(H,31,38)(H,33,37)/b13-12+/t18-,20+,21+,24+/m1/s1. The smallest absolute Gasteiger partial charge is 0.273 e. The van der Waals surface area contributed by atoms with Crippen LogP contribution in [0.15, 0.2) is 47.1 Å². The van der Waals surface area contributed by atoms with Gasteiger partial charge >= 0.3 is 0 Å². The van der Waals surface area contributed by atoms with Crippen LogP contribution in [-0.4, -0.2) is 58.5 Å². The first-order chi connectivity index (χ1) is 18.6. The van der Waals surface area contributed by atoms with Gasteiger partial charge in [0.15, 0.2) is 5.69 Å². The van der Waals surface area contributed by atoms with E-state index in [-0.39, 0.29) is 23.9 Å². The van der Waals surface area contributed by atoms with Gasteiger partial charge in [-0.05, 0) is 50.2 Å². The number of nitrogens with zero attached hydrogens (tertiary/aromatic N) is 1. The Balaban J connectivity index is 1.82. The largest absolute Gasteiger partial charge is 0.446 e. The summed E-state index contributed by atoms with van der Waals surface area (Å²) in [4.78, 5) is 55.9. The first-order valence-electron chi connectivity index (χ1n) is 13.2. The van der Waals surface area contributed by atoms with Gasteiger partial charge in [0.25, 0.3) is 5.91 Å². The van der Waals surface area contributed by atoms with Crippen LogP contribution in [0.5, 0.6) is 0 Å². The number of carbonyl (C=O) groups excluding carboxylic acids is 4. The van der Waals surface area contributed by atoms with Crippen LogP contribution in [0.3, 0.4) is 0 Å². The number of fused-ring (bicyclic) bond motifs is 2. The molecule has 11 heteroatoms. The van der Waals surface area contributed by atoms with E-state index < -0.39 is 47.9 Å². The summed E-state index contributed by atoms with van der Waals surface area (Å²) in [6, 6.07) is 6.29. The lowest BCUT2D eigenvalue weighted by Crippen LogP contribution is -2.57. The first-order valence-corrected chi connectivity index (χ1v) is 13.2. The minimum atomic E-state index is -1.29. The van der Waals surface area contributed by atoms with Crippen LogP contribution in [0, 0.1) is 5.92 Å². The molecule has 2 bridgehead atoms. The van der Waals surface area contributed by atoms with E-state index in [1.807, 2.05) is 44.2 Å². The number of hydrogen-bond donors (Lipinski definition) is 5. The highest BCUT2D eigenvalue weighted by atomic mass is 16.3. The molecule has 1 aromatic carbocycles. The quantitative estimate of drug-likeness (QED) is 0.350. The number of aliphatic hydroxyl groups is 1. The van der Waals surface area contributed by atoms with E-state index in [9.17, 15) is 24.3 Å². The Kier molecular flexibility index (Phi) is 10.8. The van der Waals surface area contributed by atoms with Crippen molar-refractivity contribution in [3.8, 4) is 0 Å². The molecule has 2 heterocycles. The van der Waals surface area contributed by atoms with Gasteiger partial charge in [0.2, 0.25) is 23.6 Å². The SMILES string of the molecule is CC(C)C[C@@H]1NC(=O)[C@H]([C@@H](C)O)NC(=O)[C@@H](NC(=O)/C=C/c2ccccc2)CCCCNC(=O)c2coc1n2. The molecule has 0 aliphatic carbocycles. The Hall–Kier alpha value is -3.99. The predicted molar refractivity (Wildman–Crippen MR) is 144 cm³/mol. The second-order valence-corrected chi connectivity index (χ2v) is 10.0. The molecule has 0 fully saturated rings. The number of benzene rings is 1. The van der Waals surface area contributed by atoms with Crippen molar-refractivity contribution in [2.45, 2.75) is 70.7 Å². The van der Waals surface area contributed by atoms with E-state index in [1.165, 1.54) is 19.3 Å². The summed E-state index contributed by atoms with van der Waals surface area (Å²) in [5.41, 5.74) is 0.918. The van der Waals surface area contributed by atoms with Crippen LogP contribution < -0.4 is 21.3 Å². The average molecular weight is 540 g/mol. The van der Waals surface area contributed by atoms with Gasteiger partial charge in [-0.2, -0.15) is 0 Å². The van der Waals surface area contributed by atoms with Gasteiger partial charge in [0.05, 0.1) is 6.10 Å². The van der Waals surface area contributed by atoms with Crippen molar-refractivity contribution in [2.75, 3.05) is 6.54 Å². The van der Waals surface area contributed by atoms with Gasteiger partial charge in [-0.3, -0.25) is 19.2 Å². The zero-order valence-electron chi connectivity index (χ0n) is 22.5. The molecule has 4 atom stereocenters. The molecule has 1 aromatic heterocycles. The average Bonchev–Trinajstić information content (AvgIpc) is 3.39. The van der Waals surface area contributed by atoms with Gasteiger partial charge in [0, 0.05) is 12.6 Å². The number of rotatable bonds is 6. The molecule has 11 nitrogen and oxygen atoms in total. The molecule has 0 saturated carbocycles. The fourth-order valence-electron chi connectivity index (χ4n) is 4.16. The van der Waals surface area contributed by atoms with E-state index in [0.29, 0.717) is 25.8 Å². The van der Waals surface area contributed by atoms with Crippen LogP contribution in [0.1, 0.15) is 74.4 Å². The minimum Gasteiger partial charge on any atom is -0.446 e. The molecule has 0 spiro atoms. The molecule has 39 heavy (non-hydrogen) atoms. The summed E-state index contributed by atoms with van der Waals surface area (Å²) >= 11 is 0. The maximum absolute atomic E-state index is 13.2. The second-order valence-electron chi connectivity index (χ2n) is 10.0. The van der Waals surface area contributed by atoms with Gasteiger partial charge in [-0.1, -0.05) is 44.2 Å². The van der Waals surface area contributed by atoms with E-state index in [4.69, 9.17) is 4.42 Å². The molecule has 0 saturated heterocycles. The minimum absolute atomic E-state index is 0.0934. The van der Waals surface area contributed by atoms with E-state index in [0.717, 1.165) is 5.56 Å². The highest BCUT2D eigenvalue weighted by molar-refractivity contribution is 5.97. The third kappa shape index (κ3) is 9.06. The number of aromatic nitrogens is 1. The Labute approximate surface area is 227 Å². The number of hydrogen-bond acceptors (Lipinski definition) is 7. The Bertz CT molecular complexity index is 1160. The lowest BCUT2D eigenvalue weighted by molar-refractivity contribution is -0.134. The van der Waals surface area contributed by atoms with Gasteiger partial charge < -0.3 is 30.8 Å². The van der Waals surface area contributed by atoms with Crippen LogP contribution in [0.4, 0.5) is 0 Å². The normalized spacial score (nSPS) is 22.2. The topological polar surface area (TPSA) is 163 Å². The number of oxazole rings is 1. The molecule has 0 unspecified atom stereocenters.